The monoisotopic (exact) mass is 430 g/mol. The first-order valence-corrected chi connectivity index (χ1v) is 9.08. The van der Waals surface area contributed by atoms with Crippen molar-refractivity contribution in [2.75, 3.05) is 0 Å². The van der Waals surface area contributed by atoms with E-state index >= 15 is 0 Å². The van der Waals surface area contributed by atoms with Crippen LogP contribution in [0.25, 0.3) is 11.0 Å². The molecule has 154 valence electrons. The lowest BCUT2D eigenvalue weighted by Gasteiger charge is -2.08. The summed E-state index contributed by atoms with van der Waals surface area (Å²) in [6.07, 6.45) is 0. The molecule has 3 aromatic rings. The van der Waals surface area contributed by atoms with E-state index in [-0.39, 0.29) is 33.5 Å². The third-order valence-corrected chi connectivity index (χ3v) is 4.28. The first kappa shape index (κ1) is 21.0. The second-order valence-electron chi connectivity index (χ2n) is 6.59. The summed E-state index contributed by atoms with van der Waals surface area (Å²) in [5.41, 5.74) is -1.38. The van der Waals surface area contributed by atoms with Gasteiger partial charge in [-0.2, -0.15) is 0 Å². The fourth-order valence-electron chi connectivity index (χ4n) is 2.60. The fourth-order valence-corrected chi connectivity index (χ4v) is 2.79. The van der Waals surface area contributed by atoms with Crippen LogP contribution in [0.2, 0.25) is 5.02 Å². The summed E-state index contributed by atoms with van der Waals surface area (Å²) in [4.78, 5) is 46.8. The molecule has 1 aromatic heterocycles. The van der Waals surface area contributed by atoms with Crippen molar-refractivity contribution in [1.82, 2.24) is 5.32 Å². The molecular formula is C20H15ClN2O7. The number of benzene rings is 2. The van der Waals surface area contributed by atoms with Gasteiger partial charge in [0, 0.05) is 23.6 Å². The molecule has 1 N–H and O–H groups in total. The van der Waals surface area contributed by atoms with Crippen LogP contribution in [0.4, 0.5) is 5.69 Å². The molecule has 0 atom stereocenters. The van der Waals surface area contributed by atoms with Crippen molar-refractivity contribution >= 4 is 40.1 Å². The Labute approximate surface area is 174 Å². The molecule has 0 radical (unpaired) electrons. The Kier molecular flexibility index (Phi) is 5.84. The number of carbonyl (C=O) groups excluding carboxylic acids is 2. The summed E-state index contributed by atoms with van der Waals surface area (Å²) in [5, 5.41) is 13.9. The van der Waals surface area contributed by atoms with Crippen molar-refractivity contribution < 1.29 is 23.7 Å². The highest BCUT2D eigenvalue weighted by molar-refractivity contribution is 6.32. The third-order valence-electron chi connectivity index (χ3n) is 3.96. The molecule has 10 heteroatoms. The van der Waals surface area contributed by atoms with Gasteiger partial charge in [0.1, 0.15) is 21.9 Å². The zero-order chi connectivity index (χ0) is 22.0. The van der Waals surface area contributed by atoms with E-state index in [1.54, 1.807) is 13.8 Å². The quantitative estimate of drug-likeness (QED) is 0.215. The van der Waals surface area contributed by atoms with E-state index in [1.165, 1.54) is 36.4 Å². The van der Waals surface area contributed by atoms with Gasteiger partial charge in [0.15, 0.2) is 0 Å². The largest absolute Gasteiger partial charge is 0.423 e. The van der Waals surface area contributed by atoms with Crippen LogP contribution in [-0.4, -0.2) is 22.8 Å². The minimum Gasteiger partial charge on any atom is -0.423 e. The zero-order valence-electron chi connectivity index (χ0n) is 15.8. The predicted molar refractivity (Wildman–Crippen MR) is 108 cm³/mol. The number of carbonyl (C=O) groups is 2. The Balaban J connectivity index is 1.88. The molecule has 0 saturated heterocycles. The van der Waals surface area contributed by atoms with Crippen molar-refractivity contribution in [2.24, 2.45) is 0 Å². The highest BCUT2D eigenvalue weighted by atomic mass is 35.5. The average molecular weight is 431 g/mol. The molecule has 0 fully saturated rings. The van der Waals surface area contributed by atoms with E-state index in [4.69, 9.17) is 20.8 Å². The van der Waals surface area contributed by atoms with E-state index < -0.39 is 28.1 Å². The first-order chi connectivity index (χ1) is 14.2. The van der Waals surface area contributed by atoms with Crippen LogP contribution in [0, 0.1) is 10.1 Å². The standard InChI is InChI=1S/C20H15ClN2O7/c1-10(2)22-18(24)14-7-11-3-5-13(9-17(11)30-20(14)26)29-19(25)12-4-6-15(21)16(8-12)23(27)28/h3-10H,1-2H3,(H,22,24). The van der Waals surface area contributed by atoms with Gasteiger partial charge in [0.05, 0.1) is 10.5 Å². The molecule has 0 aliphatic carbocycles. The van der Waals surface area contributed by atoms with Gasteiger partial charge >= 0.3 is 11.6 Å². The van der Waals surface area contributed by atoms with Crippen LogP contribution in [0.1, 0.15) is 34.6 Å². The van der Waals surface area contributed by atoms with Crippen LogP contribution in [0.15, 0.2) is 51.7 Å². The second-order valence-corrected chi connectivity index (χ2v) is 7.00. The number of halogens is 1. The molecule has 1 amide bonds. The Hall–Kier alpha value is -3.72. The van der Waals surface area contributed by atoms with Gasteiger partial charge in [-0.05, 0) is 44.2 Å². The third kappa shape index (κ3) is 4.47. The molecule has 30 heavy (non-hydrogen) atoms. The van der Waals surface area contributed by atoms with Crippen molar-refractivity contribution in [2.45, 2.75) is 19.9 Å². The highest BCUT2D eigenvalue weighted by Gasteiger charge is 2.19. The number of fused-ring (bicyclic) bond motifs is 1. The summed E-state index contributed by atoms with van der Waals surface area (Å²) in [6.45, 7) is 3.52. The lowest BCUT2D eigenvalue weighted by Crippen LogP contribution is -2.33. The van der Waals surface area contributed by atoms with Gasteiger partial charge in [-0.15, -0.1) is 0 Å². The van der Waals surface area contributed by atoms with E-state index in [1.807, 2.05) is 0 Å². The number of nitrogens with one attached hydrogen (secondary N) is 1. The van der Waals surface area contributed by atoms with Crippen LogP contribution in [-0.2, 0) is 0 Å². The van der Waals surface area contributed by atoms with Crippen LogP contribution >= 0.6 is 11.6 Å². The molecular weight excluding hydrogens is 416 g/mol. The molecule has 0 spiro atoms. The van der Waals surface area contributed by atoms with Crippen molar-refractivity contribution in [3.05, 3.63) is 79.1 Å². The van der Waals surface area contributed by atoms with Crippen molar-refractivity contribution in [3.63, 3.8) is 0 Å². The maximum absolute atomic E-state index is 12.3. The number of esters is 1. The Morgan fingerprint density at radius 3 is 2.57 bits per heavy atom. The molecule has 9 nitrogen and oxygen atoms in total. The average Bonchev–Trinajstić information content (AvgIpc) is 2.66. The topological polar surface area (TPSA) is 129 Å². The summed E-state index contributed by atoms with van der Waals surface area (Å²) in [5.74, 6) is -1.36. The van der Waals surface area contributed by atoms with Crippen molar-refractivity contribution in [1.29, 1.82) is 0 Å². The van der Waals surface area contributed by atoms with Gasteiger partial charge in [0.25, 0.3) is 11.6 Å². The lowest BCUT2D eigenvalue weighted by atomic mass is 10.1. The second kappa shape index (κ2) is 8.34. The number of hydrogen-bond donors (Lipinski definition) is 1. The van der Waals surface area contributed by atoms with Gasteiger partial charge < -0.3 is 14.5 Å². The number of nitrogens with zero attached hydrogens (tertiary/aromatic N) is 1. The van der Waals surface area contributed by atoms with Crippen LogP contribution in [0.3, 0.4) is 0 Å². The molecule has 3 rings (SSSR count). The maximum Gasteiger partial charge on any atom is 0.349 e. The summed E-state index contributed by atoms with van der Waals surface area (Å²) in [7, 11) is 0. The van der Waals surface area contributed by atoms with Crippen molar-refractivity contribution in [3.8, 4) is 5.75 Å². The number of amides is 1. The number of nitro benzene ring substituents is 1. The Morgan fingerprint density at radius 2 is 1.90 bits per heavy atom. The maximum atomic E-state index is 12.3. The van der Waals surface area contributed by atoms with Gasteiger partial charge in [-0.1, -0.05) is 11.6 Å². The van der Waals surface area contributed by atoms with E-state index in [0.717, 1.165) is 6.07 Å². The van der Waals surface area contributed by atoms with E-state index in [2.05, 4.69) is 5.32 Å². The van der Waals surface area contributed by atoms with Gasteiger partial charge in [-0.25, -0.2) is 9.59 Å². The molecule has 0 bridgehead atoms. The normalized spacial score (nSPS) is 10.8. The molecule has 1 heterocycles. The minimum absolute atomic E-state index is 0.0487. The molecule has 0 aliphatic heterocycles. The van der Waals surface area contributed by atoms with Gasteiger partial charge in [0.2, 0.25) is 0 Å². The van der Waals surface area contributed by atoms with Crippen LogP contribution < -0.4 is 15.7 Å². The van der Waals surface area contributed by atoms with Crippen LogP contribution in [0.5, 0.6) is 5.75 Å². The number of ether oxygens (including phenoxy) is 1. The Bertz CT molecular complexity index is 1230. The summed E-state index contributed by atoms with van der Waals surface area (Å²) in [6, 6.07) is 9.00. The number of hydrogen-bond acceptors (Lipinski definition) is 7. The summed E-state index contributed by atoms with van der Waals surface area (Å²) < 4.78 is 10.4. The molecule has 2 aromatic carbocycles. The Morgan fingerprint density at radius 1 is 1.17 bits per heavy atom. The zero-order valence-corrected chi connectivity index (χ0v) is 16.6. The molecule has 0 saturated carbocycles. The smallest absolute Gasteiger partial charge is 0.349 e. The minimum atomic E-state index is -0.857. The number of rotatable bonds is 5. The van der Waals surface area contributed by atoms with E-state index in [9.17, 15) is 24.5 Å². The molecule has 0 unspecified atom stereocenters. The predicted octanol–water partition coefficient (Wildman–Crippen LogP) is 3.71. The fraction of sp³-hybridized carbons (Fsp3) is 0.150. The first-order valence-electron chi connectivity index (χ1n) is 8.70. The highest BCUT2D eigenvalue weighted by Crippen LogP contribution is 2.26. The molecule has 0 aliphatic rings. The summed E-state index contributed by atoms with van der Waals surface area (Å²) >= 11 is 5.73. The SMILES string of the molecule is CC(C)NC(=O)c1cc2ccc(OC(=O)c3ccc(Cl)c([N+](=O)[O-])c3)cc2oc1=O. The lowest BCUT2D eigenvalue weighted by molar-refractivity contribution is -0.384. The van der Waals surface area contributed by atoms with E-state index in [0.29, 0.717) is 5.39 Å². The number of nitro groups is 1. The van der Waals surface area contributed by atoms with Gasteiger partial charge in [-0.3, -0.25) is 14.9 Å².